The molecule has 122 valence electrons. The van der Waals surface area contributed by atoms with E-state index in [2.05, 4.69) is 20.7 Å². The lowest BCUT2D eigenvalue weighted by Crippen LogP contribution is -2.41. The van der Waals surface area contributed by atoms with Gasteiger partial charge in [0.05, 0.1) is 15.7 Å². The summed E-state index contributed by atoms with van der Waals surface area (Å²) in [5, 5.41) is 0. The molecule has 1 aromatic rings. The Kier molecular flexibility index (Phi) is 4.30. The van der Waals surface area contributed by atoms with E-state index in [-0.39, 0.29) is 9.94 Å². The largest absolute Gasteiger partial charge is 0.573 e. The SMILES string of the molecule is CC1(C)OB(c2cc(OC(F)(F)F)c(Br)cc2F)OC1(C)C. The molecular weight excluding hydrogens is 371 g/mol. The van der Waals surface area contributed by atoms with Crippen LogP contribution in [0.2, 0.25) is 0 Å². The number of hydrogen-bond donors (Lipinski definition) is 0. The third-order valence-corrected chi connectivity index (χ3v) is 4.40. The summed E-state index contributed by atoms with van der Waals surface area (Å²) < 4.78 is 66.2. The summed E-state index contributed by atoms with van der Waals surface area (Å²) in [7, 11) is -1.12. The van der Waals surface area contributed by atoms with Crippen molar-refractivity contribution >= 4 is 28.5 Å². The molecule has 0 N–H and O–H groups in total. The number of alkyl halides is 3. The number of ether oxygens (including phenoxy) is 1. The predicted molar refractivity (Wildman–Crippen MR) is 76.5 cm³/mol. The number of rotatable bonds is 2. The van der Waals surface area contributed by atoms with Crippen LogP contribution in [0.15, 0.2) is 16.6 Å². The van der Waals surface area contributed by atoms with Crippen LogP contribution in [-0.2, 0) is 9.31 Å². The van der Waals surface area contributed by atoms with Crippen LogP contribution in [0.3, 0.4) is 0 Å². The Morgan fingerprint density at radius 3 is 2.05 bits per heavy atom. The number of benzene rings is 1. The standard InChI is InChI=1S/C13H14BBrF4O3/c1-11(2)12(3,4)22-14(21-11)7-5-10(20-13(17,18)19)8(15)6-9(7)16/h5-6H,1-4H3. The Morgan fingerprint density at radius 2 is 1.59 bits per heavy atom. The van der Waals surface area contributed by atoms with E-state index in [1.54, 1.807) is 27.7 Å². The molecule has 0 aromatic heterocycles. The van der Waals surface area contributed by atoms with Crippen molar-refractivity contribution in [2.45, 2.75) is 45.3 Å². The fraction of sp³-hybridized carbons (Fsp3) is 0.538. The van der Waals surface area contributed by atoms with Gasteiger partial charge in [-0.1, -0.05) is 0 Å². The van der Waals surface area contributed by atoms with Gasteiger partial charge in [-0.05, 0) is 55.8 Å². The van der Waals surface area contributed by atoms with Gasteiger partial charge in [0.2, 0.25) is 0 Å². The van der Waals surface area contributed by atoms with Gasteiger partial charge in [0.1, 0.15) is 11.6 Å². The van der Waals surface area contributed by atoms with Crippen molar-refractivity contribution in [2.24, 2.45) is 0 Å². The summed E-state index contributed by atoms with van der Waals surface area (Å²) in [6, 6.07) is 1.82. The van der Waals surface area contributed by atoms with E-state index < -0.39 is 36.2 Å². The summed E-state index contributed by atoms with van der Waals surface area (Å²) in [5.41, 5.74) is -1.62. The van der Waals surface area contributed by atoms with Crippen LogP contribution in [0.1, 0.15) is 27.7 Å². The summed E-state index contributed by atoms with van der Waals surface area (Å²) >= 11 is 2.84. The molecule has 1 saturated heterocycles. The summed E-state index contributed by atoms with van der Waals surface area (Å²) in [5.74, 6) is -1.31. The maximum atomic E-state index is 14.1. The van der Waals surface area contributed by atoms with Crippen LogP contribution in [0.4, 0.5) is 17.6 Å². The number of halogens is 5. The topological polar surface area (TPSA) is 27.7 Å². The van der Waals surface area contributed by atoms with E-state index >= 15 is 0 Å². The third kappa shape index (κ3) is 3.41. The molecule has 0 saturated carbocycles. The monoisotopic (exact) mass is 384 g/mol. The van der Waals surface area contributed by atoms with Gasteiger partial charge in [-0.15, -0.1) is 13.2 Å². The van der Waals surface area contributed by atoms with Crippen LogP contribution in [0.5, 0.6) is 5.75 Å². The second-order valence-corrected chi connectivity index (χ2v) is 6.79. The molecule has 1 aromatic carbocycles. The van der Waals surface area contributed by atoms with Gasteiger partial charge >= 0.3 is 13.5 Å². The molecule has 0 aliphatic carbocycles. The van der Waals surface area contributed by atoms with E-state index in [0.717, 1.165) is 12.1 Å². The lowest BCUT2D eigenvalue weighted by molar-refractivity contribution is -0.274. The molecule has 1 aliphatic rings. The highest BCUT2D eigenvalue weighted by Gasteiger charge is 2.52. The smallest absolute Gasteiger partial charge is 0.405 e. The number of hydrogen-bond acceptors (Lipinski definition) is 3. The quantitative estimate of drug-likeness (QED) is 0.573. The van der Waals surface area contributed by atoms with E-state index in [4.69, 9.17) is 9.31 Å². The fourth-order valence-electron chi connectivity index (χ4n) is 1.90. The first kappa shape index (κ1) is 17.6. The summed E-state index contributed by atoms with van der Waals surface area (Å²) in [6.07, 6.45) is -4.88. The van der Waals surface area contributed by atoms with Crippen molar-refractivity contribution in [1.29, 1.82) is 0 Å². The zero-order valence-corrected chi connectivity index (χ0v) is 13.9. The minimum Gasteiger partial charge on any atom is -0.405 e. The zero-order chi connectivity index (χ0) is 16.9. The van der Waals surface area contributed by atoms with Crippen LogP contribution in [0, 0.1) is 5.82 Å². The Hall–Kier alpha value is -0.795. The molecule has 0 bridgehead atoms. The molecule has 0 radical (unpaired) electrons. The Balaban J connectivity index is 2.39. The average molecular weight is 385 g/mol. The van der Waals surface area contributed by atoms with Crippen LogP contribution in [-0.4, -0.2) is 24.7 Å². The highest BCUT2D eigenvalue weighted by molar-refractivity contribution is 9.10. The molecule has 3 nitrogen and oxygen atoms in total. The third-order valence-electron chi connectivity index (χ3n) is 3.78. The highest BCUT2D eigenvalue weighted by Crippen LogP contribution is 2.38. The van der Waals surface area contributed by atoms with Crippen LogP contribution in [0.25, 0.3) is 0 Å². The lowest BCUT2D eigenvalue weighted by Gasteiger charge is -2.32. The van der Waals surface area contributed by atoms with Gasteiger partial charge in [0.25, 0.3) is 0 Å². The minimum absolute atomic E-state index is 0.150. The molecule has 22 heavy (non-hydrogen) atoms. The summed E-state index contributed by atoms with van der Waals surface area (Å²) in [4.78, 5) is 0. The average Bonchev–Trinajstić information content (AvgIpc) is 2.50. The van der Waals surface area contributed by atoms with Crippen molar-refractivity contribution in [3.63, 3.8) is 0 Å². The molecule has 1 aliphatic heterocycles. The van der Waals surface area contributed by atoms with Gasteiger partial charge < -0.3 is 14.0 Å². The Labute approximate surface area is 134 Å². The second kappa shape index (κ2) is 5.38. The molecule has 2 rings (SSSR count). The van der Waals surface area contributed by atoms with Crippen LogP contribution >= 0.6 is 15.9 Å². The molecule has 1 fully saturated rings. The zero-order valence-electron chi connectivity index (χ0n) is 12.3. The van der Waals surface area contributed by atoms with E-state index in [1.807, 2.05) is 0 Å². The van der Waals surface area contributed by atoms with E-state index in [9.17, 15) is 17.6 Å². The van der Waals surface area contributed by atoms with E-state index in [0.29, 0.717) is 0 Å². The van der Waals surface area contributed by atoms with Crippen molar-refractivity contribution in [1.82, 2.24) is 0 Å². The molecule has 9 heteroatoms. The normalized spacial score (nSPS) is 20.3. The van der Waals surface area contributed by atoms with Gasteiger partial charge in [-0.25, -0.2) is 4.39 Å². The maximum Gasteiger partial charge on any atom is 0.573 e. The summed E-state index contributed by atoms with van der Waals surface area (Å²) in [6.45, 7) is 7.04. The second-order valence-electron chi connectivity index (χ2n) is 5.94. The first-order valence-electron chi connectivity index (χ1n) is 6.43. The van der Waals surface area contributed by atoms with Gasteiger partial charge in [-0.3, -0.25) is 0 Å². The van der Waals surface area contributed by atoms with E-state index in [1.165, 1.54) is 0 Å². The first-order chi connectivity index (χ1) is 9.82. The Bertz CT molecular complexity index is 573. The minimum atomic E-state index is -4.88. The van der Waals surface area contributed by atoms with Crippen molar-refractivity contribution < 1.29 is 31.6 Å². The maximum absolute atomic E-state index is 14.1. The lowest BCUT2D eigenvalue weighted by atomic mass is 9.78. The van der Waals surface area contributed by atoms with Gasteiger partial charge in [-0.2, -0.15) is 0 Å². The molecule has 0 spiro atoms. The Morgan fingerprint density at radius 1 is 1.09 bits per heavy atom. The van der Waals surface area contributed by atoms with Crippen LogP contribution < -0.4 is 10.2 Å². The fourth-order valence-corrected chi connectivity index (χ4v) is 2.29. The van der Waals surface area contributed by atoms with Gasteiger partial charge in [0.15, 0.2) is 0 Å². The molecular formula is C13H14BBrF4O3. The van der Waals surface area contributed by atoms with Crippen molar-refractivity contribution in [3.05, 3.63) is 22.4 Å². The molecule has 0 atom stereocenters. The van der Waals surface area contributed by atoms with Crippen molar-refractivity contribution in [3.8, 4) is 5.75 Å². The van der Waals surface area contributed by atoms with Crippen molar-refractivity contribution in [2.75, 3.05) is 0 Å². The van der Waals surface area contributed by atoms with Gasteiger partial charge in [0, 0.05) is 5.46 Å². The predicted octanol–water partition coefficient (Wildman–Crippen LogP) is 3.79. The molecule has 1 heterocycles. The molecule has 0 amide bonds. The molecule has 0 unspecified atom stereocenters. The highest BCUT2D eigenvalue weighted by atomic mass is 79.9. The first-order valence-corrected chi connectivity index (χ1v) is 7.22.